The van der Waals surface area contributed by atoms with Crippen LogP contribution in [0.2, 0.25) is 0 Å². The van der Waals surface area contributed by atoms with Gasteiger partial charge in [0.15, 0.2) is 0 Å². The fourth-order valence-electron chi connectivity index (χ4n) is 4.55. The zero-order valence-corrected chi connectivity index (χ0v) is 37.1. The second kappa shape index (κ2) is 27.5. The third-order valence-electron chi connectivity index (χ3n) is 8.45. The van der Waals surface area contributed by atoms with Crippen LogP contribution in [0.4, 0.5) is 57.1 Å². The van der Waals surface area contributed by atoms with E-state index in [4.69, 9.17) is 33.2 Å². The van der Waals surface area contributed by atoms with Gasteiger partial charge in [0.2, 0.25) is 0 Å². The minimum Gasteiger partial charge on any atom is -0.465 e. The van der Waals surface area contributed by atoms with Crippen molar-refractivity contribution in [1.29, 1.82) is 0 Å². The average molecular weight is 1030 g/mol. The molecule has 0 atom stereocenters. The van der Waals surface area contributed by atoms with Crippen molar-refractivity contribution in [2.45, 2.75) is 68.4 Å². The fraction of sp³-hybridized carbons (Fsp3) is 0.641. The van der Waals surface area contributed by atoms with Gasteiger partial charge in [-0.2, -0.15) is 80.6 Å². The summed E-state index contributed by atoms with van der Waals surface area (Å²) in [5.74, 6) is -44.9. The van der Waals surface area contributed by atoms with Crippen LogP contribution in [-0.4, -0.2) is 147 Å². The lowest BCUT2D eigenvalue weighted by molar-refractivity contribution is -0.439. The smallest absolute Gasteiger partial charge is 0.460 e. The van der Waals surface area contributed by atoms with E-state index in [1.54, 1.807) is 0 Å². The number of hydrogen-bond acceptors (Lipinski definition) is 15. The molecule has 28 heteroatoms. The molecule has 0 aliphatic rings. The number of ether oxygens (including phenoxy) is 7. The Balaban J connectivity index is 6.39. The molecule has 0 aliphatic heterocycles. The van der Waals surface area contributed by atoms with E-state index in [0.29, 0.717) is 17.9 Å². The van der Waals surface area contributed by atoms with Gasteiger partial charge in [0.1, 0.15) is 39.6 Å². The van der Waals surface area contributed by atoms with Crippen molar-refractivity contribution < 1.29 is 119 Å². The highest BCUT2D eigenvalue weighted by Crippen LogP contribution is 2.60. The minimum atomic E-state index is -8.05. The van der Waals surface area contributed by atoms with E-state index in [1.807, 2.05) is 6.92 Å². The van der Waals surface area contributed by atoms with Crippen LogP contribution in [0, 0.1) is 10.8 Å². The van der Waals surface area contributed by atoms with Gasteiger partial charge in [-0.1, -0.05) is 33.2 Å². The maximum absolute atomic E-state index is 14.2. The van der Waals surface area contributed by atoms with Crippen molar-refractivity contribution in [1.82, 2.24) is 0 Å². The molecule has 0 aromatic heterocycles. The van der Waals surface area contributed by atoms with Crippen LogP contribution >= 0.6 is 23.5 Å². The zero-order chi connectivity index (χ0) is 52.0. The summed E-state index contributed by atoms with van der Waals surface area (Å²) in [6.45, 7) is 8.87. The van der Waals surface area contributed by atoms with E-state index < -0.39 is 160 Å². The Labute approximate surface area is 383 Å². The van der Waals surface area contributed by atoms with Gasteiger partial charge in [0, 0.05) is 42.2 Å². The molecule has 0 radical (unpaired) electrons. The summed E-state index contributed by atoms with van der Waals surface area (Å²) in [6.07, 6.45) is -7.25. The van der Waals surface area contributed by atoms with Crippen LogP contribution in [0.15, 0.2) is 50.6 Å². The summed E-state index contributed by atoms with van der Waals surface area (Å²) in [6, 6.07) is 0. The summed E-state index contributed by atoms with van der Waals surface area (Å²) in [4.78, 5) is 73.9. The molecule has 0 aromatic rings. The normalized spacial score (nSPS) is 12.9. The highest BCUT2D eigenvalue weighted by atomic mass is 32.2. The number of carbonyl (C=O) groups excluding carboxylic acids is 6. The molecule has 0 rings (SSSR count). The molecule has 0 spiro atoms. The number of rotatable bonds is 35. The van der Waals surface area contributed by atoms with Crippen molar-refractivity contribution in [3.63, 3.8) is 0 Å². The van der Waals surface area contributed by atoms with Crippen LogP contribution < -0.4 is 0 Å². The van der Waals surface area contributed by atoms with Crippen LogP contribution in [-0.2, 0) is 61.9 Å². The van der Waals surface area contributed by atoms with Crippen LogP contribution in [0.25, 0.3) is 0 Å². The molecule has 0 amide bonds. The van der Waals surface area contributed by atoms with Crippen molar-refractivity contribution in [3.8, 4) is 0 Å². The Morgan fingerprint density at radius 3 is 1.06 bits per heavy atom. The lowest BCUT2D eigenvalue weighted by Gasteiger charge is -2.39. The van der Waals surface area contributed by atoms with E-state index in [2.05, 4.69) is 26.3 Å². The zero-order valence-electron chi connectivity index (χ0n) is 35.5. The van der Waals surface area contributed by atoms with E-state index >= 15 is 0 Å². The molecule has 384 valence electrons. The molecule has 0 bridgehead atoms. The van der Waals surface area contributed by atoms with Gasteiger partial charge in [-0.25, -0.2) is 19.2 Å². The molecule has 0 fully saturated rings. The number of thioether (sulfide) groups is 2. The number of hydrogen-bond donors (Lipinski definition) is 0. The first-order valence-electron chi connectivity index (χ1n) is 19.0. The number of halogens is 13. The summed E-state index contributed by atoms with van der Waals surface area (Å²) in [5, 5.41) is 0. The lowest BCUT2D eigenvalue weighted by atomic mass is 9.90. The predicted molar refractivity (Wildman–Crippen MR) is 212 cm³/mol. The highest BCUT2D eigenvalue weighted by Gasteiger charge is 2.90. The Bertz CT molecular complexity index is 1660. The fourth-order valence-corrected chi connectivity index (χ4v) is 6.27. The van der Waals surface area contributed by atoms with Gasteiger partial charge in [0.25, 0.3) is 0 Å². The first kappa shape index (κ1) is 62.5. The maximum Gasteiger partial charge on any atom is 0.460 e. The van der Waals surface area contributed by atoms with Crippen molar-refractivity contribution in [3.05, 3.63) is 50.6 Å². The molecule has 0 unspecified atom stereocenters. The van der Waals surface area contributed by atoms with Crippen LogP contribution in [0.5, 0.6) is 0 Å². The molecule has 67 heavy (non-hydrogen) atoms. The first-order chi connectivity index (χ1) is 30.8. The Kier molecular flexibility index (Phi) is 25.7. The third-order valence-corrected chi connectivity index (χ3v) is 10.6. The molecule has 0 saturated heterocycles. The number of carbonyl (C=O) groups is 6. The lowest BCUT2D eigenvalue weighted by Crippen LogP contribution is -2.70. The number of esters is 6. The van der Waals surface area contributed by atoms with Crippen LogP contribution in [0.1, 0.15) is 32.6 Å². The van der Waals surface area contributed by atoms with E-state index in [0.717, 1.165) is 24.3 Å². The van der Waals surface area contributed by atoms with Gasteiger partial charge < -0.3 is 33.2 Å². The van der Waals surface area contributed by atoms with Gasteiger partial charge in [-0.3, -0.25) is 9.59 Å². The topological polar surface area (TPSA) is 167 Å². The van der Waals surface area contributed by atoms with Gasteiger partial charge >= 0.3 is 71.6 Å². The second-order valence-corrected chi connectivity index (χ2v) is 16.5. The Morgan fingerprint density at radius 2 is 0.746 bits per heavy atom. The molecule has 0 saturated carbocycles. The van der Waals surface area contributed by atoms with Gasteiger partial charge in [0.05, 0.1) is 36.9 Å². The molecular formula is C39H47F13O13S2. The van der Waals surface area contributed by atoms with E-state index in [9.17, 15) is 85.8 Å². The van der Waals surface area contributed by atoms with Crippen molar-refractivity contribution in [2.24, 2.45) is 10.8 Å². The quantitative estimate of drug-likeness (QED) is 0.0199. The predicted octanol–water partition coefficient (Wildman–Crippen LogP) is 7.76. The van der Waals surface area contributed by atoms with Crippen molar-refractivity contribution in [2.75, 3.05) is 75.9 Å². The monoisotopic (exact) mass is 1030 g/mol. The average Bonchev–Trinajstić information content (AvgIpc) is 3.26. The first-order valence-corrected chi connectivity index (χ1v) is 21.3. The van der Waals surface area contributed by atoms with Gasteiger partial charge in [-0.15, -0.1) is 0 Å². The second-order valence-electron chi connectivity index (χ2n) is 14.0. The molecule has 0 heterocycles. The van der Waals surface area contributed by atoms with E-state index in [-0.39, 0.29) is 18.2 Å². The summed E-state index contributed by atoms with van der Waals surface area (Å²) in [5.41, 5.74) is -3.66. The SMILES string of the molecule is C=CC(=O)OCC(COCC(COC(=O)C=C)(COC(=O)C=C)COC(=O)CCSCCC(F)(F)C(F)(F)C(F)(F)C(F)(F)C(F)(F)C(F)(F)F)(COC(=O)C=C)COC(=O)CCSCCC. The molecule has 0 aromatic carbocycles. The Morgan fingerprint density at radius 1 is 0.433 bits per heavy atom. The summed E-state index contributed by atoms with van der Waals surface area (Å²) >= 11 is 1.53. The Hall–Kier alpha value is -4.47. The minimum absolute atomic E-state index is 0.0717. The maximum atomic E-state index is 14.2. The molecule has 0 aliphatic carbocycles. The van der Waals surface area contributed by atoms with Crippen molar-refractivity contribution >= 4 is 59.3 Å². The standard InChI is InChI=1S/C39H47F13O13S2/c1-6-14-66-15-11-30(57)64-24-32(20-60-26(53)7-2,21-61-27(54)8-3)18-59-19-33(22-62-28(55)9-4,23-63-29(56)10-5)25-65-31(58)12-16-67-17-13-34(40,41)35(42,43)36(44,45)37(46,47)38(48,49)39(50,51)52/h7-10H,2-6,11-25H2,1H3. The number of alkyl halides is 13. The third kappa shape index (κ3) is 18.9. The van der Waals surface area contributed by atoms with Gasteiger partial charge in [-0.05, 0) is 17.9 Å². The summed E-state index contributed by atoms with van der Waals surface area (Å²) in [7, 11) is 0. The summed E-state index contributed by atoms with van der Waals surface area (Å²) < 4.78 is 212. The molecular weight excluding hydrogens is 988 g/mol. The van der Waals surface area contributed by atoms with Crippen LogP contribution in [0.3, 0.4) is 0 Å². The van der Waals surface area contributed by atoms with E-state index in [1.165, 1.54) is 11.8 Å². The molecule has 0 N–H and O–H groups in total. The highest BCUT2D eigenvalue weighted by molar-refractivity contribution is 7.99. The largest absolute Gasteiger partial charge is 0.465 e. The molecule has 13 nitrogen and oxygen atoms in total.